The lowest BCUT2D eigenvalue weighted by Gasteiger charge is -2.04. The van der Waals surface area contributed by atoms with Crippen molar-refractivity contribution in [1.29, 1.82) is 0 Å². The summed E-state index contributed by atoms with van der Waals surface area (Å²) in [6.45, 7) is 0. The van der Waals surface area contributed by atoms with Crippen LogP contribution in [-0.2, 0) is 0 Å². The van der Waals surface area contributed by atoms with Crippen LogP contribution < -0.4 is 5.73 Å². The lowest BCUT2D eigenvalue weighted by molar-refractivity contribution is -0.384. The molecule has 0 unspecified atom stereocenters. The standard InChI is InChI=1S/C11H9N3O2/c12-9-5-2-1-4-8(9)11-10(14(15)16)6-3-7-13-11/h1-7H,12H2. The molecule has 0 aliphatic carbocycles. The molecule has 5 nitrogen and oxygen atoms in total. The molecule has 16 heavy (non-hydrogen) atoms. The van der Waals surface area contributed by atoms with Crippen LogP contribution in [0.15, 0.2) is 42.6 Å². The first-order valence-electron chi connectivity index (χ1n) is 4.64. The second-order valence-corrected chi connectivity index (χ2v) is 3.22. The van der Waals surface area contributed by atoms with Crippen LogP contribution in [0, 0.1) is 10.1 Å². The molecule has 0 bridgehead atoms. The summed E-state index contributed by atoms with van der Waals surface area (Å²) in [5.74, 6) is 0. The third kappa shape index (κ3) is 1.70. The number of pyridine rings is 1. The maximum absolute atomic E-state index is 10.8. The molecule has 0 fully saturated rings. The Morgan fingerprint density at radius 1 is 1.19 bits per heavy atom. The molecule has 0 radical (unpaired) electrons. The second kappa shape index (κ2) is 3.98. The molecule has 0 spiro atoms. The van der Waals surface area contributed by atoms with Gasteiger partial charge in [0.05, 0.1) is 4.92 Å². The normalized spacial score (nSPS) is 10.0. The predicted octanol–water partition coefficient (Wildman–Crippen LogP) is 2.24. The van der Waals surface area contributed by atoms with Crippen LogP contribution in [0.4, 0.5) is 11.4 Å². The Morgan fingerprint density at radius 2 is 1.94 bits per heavy atom. The molecule has 1 heterocycles. The lowest BCUT2D eigenvalue weighted by atomic mass is 10.1. The Hall–Kier alpha value is -2.43. The highest BCUT2D eigenvalue weighted by Crippen LogP contribution is 2.30. The van der Waals surface area contributed by atoms with Crippen LogP contribution in [0.1, 0.15) is 0 Å². The van der Waals surface area contributed by atoms with E-state index >= 15 is 0 Å². The van der Waals surface area contributed by atoms with E-state index in [-0.39, 0.29) is 5.69 Å². The molecule has 0 aliphatic rings. The number of benzene rings is 1. The van der Waals surface area contributed by atoms with Gasteiger partial charge in [-0.1, -0.05) is 18.2 Å². The smallest absolute Gasteiger partial charge is 0.295 e. The van der Waals surface area contributed by atoms with Crippen molar-refractivity contribution in [3.05, 3.63) is 52.7 Å². The predicted molar refractivity (Wildman–Crippen MR) is 60.7 cm³/mol. The van der Waals surface area contributed by atoms with Gasteiger partial charge >= 0.3 is 0 Å². The van der Waals surface area contributed by atoms with Gasteiger partial charge in [-0.3, -0.25) is 10.1 Å². The Labute approximate surface area is 91.7 Å². The molecule has 1 aromatic carbocycles. The molecule has 1 aromatic heterocycles. The van der Waals surface area contributed by atoms with Crippen molar-refractivity contribution in [2.75, 3.05) is 5.73 Å². The molecular formula is C11H9N3O2. The van der Waals surface area contributed by atoms with Crippen LogP contribution in [0.3, 0.4) is 0 Å². The van der Waals surface area contributed by atoms with Crippen molar-refractivity contribution < 1.29 is 4.92 Å². The third-order valence-corrected chi connectivity index (χ3v) is 2.20. The van der Waals surface area contributed by atoms with Crippen LogP contribution >= 0.6 is 0 Å². The fraction of sp³-hybridized carbons (Fsp3) is 0. The van der Waals surface area contributed by atoms with Crippen LogP contribution in [0.25, 0.3) is 11.3 Å². The minimum absolute atomic E-state index is 0.0413. The summed E-state index contributed by atoms with van der Waals surface area (Å²) < 4.78 is 0. The first kappa shape index (κ1) is 10.1. The Bertz CT molecular complexity index is 540. The van der Waals surface area contributed by atoms with E-state index in [9.17, 15) is 10.1 Å². The average Bonchev–Trinajstić information content (AvgIpc) is 2.29. The number of anilines is 1. The highest BCUT2D eigenvalue weighted by Gasteiger charge is 2.17. The summed E-state index contributed by atoms with van der Waals surface area (Å²) in [5.41, 5.74) is 7.07. The zero-order chi connectivity index (χ0) is 11.5. The van der Waals surface area contributed by atoms with Crippen LogP contribution in [-0.4, -0.2) is 9.91 Å². The number of nitrogens with two attached hydrogens (primary N) is 1. The van der Waals surface area contributed by atoms with Gasteiger partial charge in [0.2, 0.25) is 0 Å². The highest BCUT2D eigenvalue weighted by atomic mass is 16.6. The fourth-order valence-corrected chi connectivity index (χ4v) is 1.46. The van der Waals surface area contributed by atoms with Crippen molar-refractivity contribution >= 4 is 11.4 Å². The van der Waals surface area contributed by atoms with Crippen LogP contribution in [0.5, 0.6) is 0 Å². The van der Waals surface area contributed by atoms with Crippen molar-refractivity contribution in [3.63, 3.8) is 0 Å². The molecule has 0 saturated heterocycles. The topological polar surface area (TPSA) is 82.0 Å². The Morgan fingerprint density at radius 3 is 2.62 bits per heavy atom. The number of para-hydroxylation sites is 1. The van der Waals surface area contributed by atoms with E-state index in [1.54, 1.807) is 24.3 Å². The quantitative estimate of drug-likeness (QED) is 0.473. The summed E-state index contributed by atoms with van der Waals surface area (Å²) in [7, 11) is 0. The molecule has 0 atom stereocenters. The lowest BCUT2D eigenvalue weighted by Crippen LogP contribution is -1.96. The summed E-state index contributed by atoms with van der Waals surface area (Å²) in [6.07, 6.45) is 1.51. The van der Waals surface area contributed by atoms with Gasteiger partial charge in [-0.15, -0.1) is 0 Å². The molecule has 0 amide bonds. The van der Waals surface area contributed by atoms with Crippen molar-refractivity contribution in [3.8, 4) is 11.3 Å². The minimum Gasteiger partial charge on any atom is -0.398 e. The maximum Gasteiger partial charge on any atom is 0.295 e. The maximum atomic E-state index is 10.8. The van der Waals surface area contributed by atoms with E-state index < -0.39 is 4.92 Å². The number of rotatable bonds is 2. The van der Waals surface area contributed by atoms with E-state index in [2.05, 4.69) is 4.98 Å². The number of aromatic nitrogens is 1. The third-order valence-electron chi connectivity index (χ3n) is 2.20. The fourth-order valence-electron chi connectivity index (χ4n) is 1.46. The number of nitrogen functional groups attached to an aromatic ring is 1. The van der Waals surface area contributed by atoms with Gasteiger partial charge in [-0.05, 0) is 12.1 Å². The Balaban J connectivity index is 2.65. The van der Waals surface area contributed by atoms with E-state index in [1.807, 2.05) is 0 Å². The molecule has 0 aliphatic heterocycles. The van der Waals surface area contributed by atoms with Crippen molar-refractivity contribution in [2.45, 2.75) is 0 Å². The second-order valence-electron chi connectivity index (χ2n) is 3.22. The van der Waals surface area contributed by atoms with Gasteiger partial charge in [-0.25, -0.2) is 4.98 Å². The SMILES string of the molecule is Nc1ccccc1-c1ncccc1[N+](=O)[O-]. The zero-order valence-electron chi connectivity index (χ0n) is 8.33. The minimum atomic E-state index is -0.464. The van der Waals surface area contributed by atoms with Gasteiger partial charge in [0, 0.05) is 23.5 Å². The van der Waals surface area contributed by atoms with E-state index in [0.717, 1.165) is 0 Å². The summed E-state index contributed by atoms with van der Waals surface area (Å²) in [6, 6.07) is 9.88. The van der Waals surface area contributed by atoms with E-state index in [0.29, 0.717) is 16.9 Å². The largest absolute Gasteiger partial charge is 0.398 e. The summed E-state index contributed by atoms with van der Waals surface area (Å²) in [4.78, 5) is 14.4. The molecule has 2 aromatic rings. The highest BCUT2D eigenvalue weighted by molar-refractivity contribution is 5.79. The summed E-state index contributed by atoms with van der Waals surface area (Å²) in [5, 5.41) is 10.8. The molecular weight excluding hydrogens is 206 g/mol. The number of nitrogens with zero attached hydrogens (tertiary/aromatic N) is 2. The average molecular weight is 215 g/mol. The van der Waals surface area contributed by atoms with E-state index in [4.69, 9.17) is 5.73 Å². The molecule has 2 N–H and O–H groups in total. The van der Waals surface area contributed by atoms with Crippen LogP contribution in [0.2, 0.25) is 0 Å². The number of hydrogen-bond acceptors (Lipinski definition) is 4. The molecule has 2 rings (SSSR count). The number of nitro groups is 1. The van der Waals surface area contributed by atoms with Crippen molar-refractivity contribution in [2.24, 2.45) is 0 Å². The molecule has 80 valence electrons. The zero-order valence-corrected chi connectivity index (χ0v) is 8.33. The monoisotopic (exact) mass is 215 g/mol. The Kier molecular flexibility index (Phi) is 2.51. The molecule has 5 heteroatoms. The van der Waals surface area contributed by atoms with Gasteiger partial charge in [-0.2, -0.15) is 0 Å². The van der Waals surface area contributed by atoms with Gasteiger partial charge < -0.3 is 5.73 Å². The van der Waals surface area contributed by atoms with Gasteiger partial charge in [0.1, 0.15) is 5.69 Å². The van der Waals surface area contributed by atoms with E-state index in [1.165, 1.54) is 18.3 Å². The van der Waals surface area contributed by atoms with Crippen molar-refractivity contribution in [1.82, 2.24) is 4.98 Å². The number of hydrogen-bond donors (Lipinski definition) is 1. The first-order chi connectivity index (χ1) is 7.70. The van der Waals surface area contributed by atoms with Gasteiger partial charge in [0.15, 0.2) is 0 Å². The van der Waals surface area contributed by atoms with Gasteiger partial charge in [0.25, 0.3) is 5.69 Å². The first-order valence-corrected chi connectivity index (χ1v) is 4.64. The molecule has 0 saturated carbocycles. The summed E-state index contributed by atoms with van der Waals surface area (Å²) >= 11 is 0.